The van der Waals surface area contributed by atoms with Crippen LogP contribution in [0.1, 0.15) is 20.3 Å². The number of aliphatic carboxylic acids is 1. The molecule has 1 saturated heterocycles. The molecule has 120 valence electrons. The van der Waals surface area contributed by atoms with Crippen molar-refractivity contribution in [3.63, 3.8) is 0 Å². The minimum atomic E-state index is -0.871. The second-order valence-corrected chi connectivity index (χ2v) is 5.82. The van der Waals surface area contributed by atoms with Crippen molar-refractivity contribution in [2.24, 2.45) is 11.8 Å². The third kappa shape index (κ3) is 4.34. The van der Waals surface area contributed by atoms with Gasteiger partial charge in [-0.15, -0.1) is 0 Å². The summed E-state index contributed by atoms with van der Waals surface area (Å²) in [6.07, 6.45) is 0.748. The Bertz CT molecular complexity index is 411. The SMILES string of the molecule is CCCN(CC(=O)N(C)C)C(=O)N1C[C@@H](C)[C@H](C(=O)O)C1. The summed E-state index contributed by atoms with van der Waals surface area (Å²) >= 11 is 0. The molecular formula is C14H25N3O4. The molecule has 1 N–H and O–H groups in total. The van der Waals surface area contributed by atoms with Crippen LogP contribution in [0.5, 0.6) is 0 Å². The number of carboxylic acids is 1. The van der Waals surface area contributed by atoms with Crippen molar-refractivity contribution in [1.29, 1.82) is 0 Å². The largest absolute Gasteiger partial charge is 0.481 e. The molecule has 0 spiro atoms. The first-order valence-electron chi connectivity index (χ1n) is 7.24. The van der Waals surface area contributed by atoms with E-state index in [-0.39, 0.29) is 30.9 Å². The Balaban J connectivity index is 2.73. The second kappa shape index (κ2) is 7.28. The van der Waals surface area contributed by atoms with Crippen LogP contribution in [0.15, 0.2) is 0 Å². The summed E-state index contributed by atoms with van der Waals surface area (Å²) < 4.78 is 0. The lowest BCUT2D eigenvalue weighted by Gasteiger charge is -2.28. The van der Waals surface area contributed by atoms with Crippen molar-refractivity contribution in [2.75, 3.05) is 40.3 Å². The van der Waals surface area contributed by atoms with Crippen LogP contribution >= 0.6 is 0 Å². The molecule has 1 aliphatic heterocycles. The van der Waals surface area contributed by atoms with Gasteiger partial charge in [-0.2, -0.15) is 0 Å². The van der Waals surface area contributed by atoms with E-state index < -0.39 is 11.9 Å². The molecule has 7 nitrogen and oxygen atoms in total. The maximum absolute atomic E-state index is 12.5. The fraction of sp³-hybridized carbons (Fsp3) is 0.786. The number of likely N-dealkylation sites (tertiary alicyclic amines) is 1. The first-order chi connectivity index (χ1) is 9.77. The van der Waals surface area contributed by atoms with E-state index in [0.717, 1.165) is 6.42 Å². The van der Waals surface area contributed by atoms with Gasteiger partial charge in [0.15, 0.2) is 0 Å². The molecule has 0 aromatic carbocycles. The molecule has 1 fully saturated rings. The van der Waals surface area contributed by atoms with Gasteiger partial charge in [0.1, 0.15) is 6.54 Å². The highest BCUT2D eigenvalue weighted by Crippen LogP contribution is 2.24. The molecule has 1 rings (SSSR count). The Kier molecular flexibility index (Phi) is 5.99. The topological polar surface area (TPSA) is 81.2 Å². The minimum Gasteiger partial charge on any atom is -0.481 e. The third-order valence-electron chi connectivity index (χ3n) is 3.79. The summed E-state index contributed by atoms with van der Waals surface area (Å²) in [5.41, 5.74) is 0. The monoisotopic (exact) mass is 299 g/mol. The molecule has 0 aliphatic carbocycles. The predicted molar refractivity (Wildman–Crippen MR) is 77.8 cm³/mol. The Morgan fingerprint density at radius 3 is 2.29 bits per heavy atom. The Morgan fingerprint density at radius 2 is 1.86 bits per heavy atom. The molecule has 1 heterocycles. The third-order valence-corrected chi connectivity index (χ3v) is 3.79. The van der Waals surface area contributed by atoms with Gasteiger partial charge in [0.05, 0.1) is 5.92 Å². The van der Waals surface area contributed by atoms with Gasteiger partial charge in [0, 0.05) is 33.7 Å². The van der Waals surface area contributed by atoms with E-state index in [1.54, 1.807) is 19.0 Å². The summed E-state index contributed by atoms with van der Waals surface area (Å²) in [7, 11) is 3.30. The van der Waals surface area contributed by atoms with Crippen molar-refractivity contribution in [3.05, 3.63) is 0 Å². The van der Waals surface area contributed by atoms with Crippen LogP contribution in [0.2, 0.25) is 0 Å². The van der Waals surface area contributed by atoms with Crippen molar-refractivity contribution in [2.45, 2.75) is 20.3 Å². The predicted octanol–water partition coefficient (Wildman–Crippen LogP) is 0.559. The zero-order valence-electron chi connectivity index (χ0n) is 13.2. The number of carbonyl (C=O) groups is 3. The average molecular weight is 299 g/mol. The highest BCUT2D eigenvalue weighted by Gasteiger charge is 2.38. The van der Waals surface area contributed by atoms with E-state index in [1.165, 1.54) is 9.80 Å². The molecule has 0 aromatic heterocycles. The van der Waals surface area contributed by atoms with Gasteiger partial charge in [-0.05, 0) is 12.3 Å². The molecule has 3 amide bonds. The number of likely N-dealkylation sites (N-methyl/N-ethyl adjacent to an activating group) is 1. The average Bonchev–Trinajstić information content (AvgIpc) is 2.79. The molecule has 0 bridgehead atoms. The maximum Gasteiger partial charge on any atom is 0.320 e. The molecule has 0 saturated carbocycles. The number of hydrogen-bond acceptors (Lipinski definition) is 3. The molecule has 21 heavy (non-hydrogen) atoms. The van der Waals surface area contributed by atoms with Crippen molar-refractivity contribution in [3.8, 4) is 0 Å². The summed E-state index contributed by atoms with van der Waals surface area (Å²) in [4.78, 5) is 39.9. The van der Waals surface area contributed by atoms with Crippen LogP contribution in [0.3, 0.4) is 0 Å². The fourth-order valence-corrected chi connectivity index (χ4v) is 2.46. The molecule has 0 unspecified atom stereocenters. The maximum atomic E-state index is 12.5. The van der Waals surface area contributed by atoms with Crippen LogP contribution < -0.4 is 0 Å². The molecule has 0 radical (unpaired) electrons. The summed E-state index contributed by atoms with van der Waals surface area (Å²) in [6, 6.07) is -0.248. The molecule has 2 atom stereocenters. The number of amides is 3. The molecule has 1 aliphatic rings. The number of hydrogen-bond donors (Lipinski definition) is 1. The lowest BCUT2D eigenvalue weighted by molar-refractivity contribution is -0.142. The molecule has 7 heteroatoms. The zero-order valence-corrected chi connectivity index (χ0v) is 13.2. The number of urea groups is 1. The van der Waals surface area contributed by atoms with Crippen LogP contribution in [0, 0.1) is 11.8 Å². The Hall–Kier alpha value is -1.79. The van der Waals surface area contributed by atoms with Crippen LogP contribution in [-0.4, -0.2) is 78.0 Å². The first-order valence-corrected chi connectivity index (χ1v) is 7.24. The van der Waals surface area contributed by atoms with Gasteiger partial charge in [-0.3, -0.25) is 9.59 Å². The lowest BCUT2D eigenvalue weighted by atomic mass is 9.99. The van der Waals surface area contributed by atoms with E-state index in [9.17, 15) is 14.4 Å². The van der Waals surface area contributed by atoms with Gasteiger partial charge in [0.2, 0.25) is 5.91 Å². The summed E-state index contributed by atoms with van der Waals surface area (Å²) in [6.45, 7) is 4.93. The quantitative estimate of drug-likeness (QED) is 0.804. The van der Waals surface area contributed by atoms with Crippen LogP contribution in [-0.2, 0) is 9.59 Å². The van der Waals surface area contributed by atoms with Gasteiger partial charge >= 0.3 is 12.0 Å². The molecular weight excluding hydrogens is 274 g/mol. The van der Waals surface area contributed by atoms with Gasteiger partial charge in [-0.1, -0.05) is 13.8 Å². The Labute approximate surface area is 125 Å². The highest BCUT2D eigenvalue weighted by molar-refractivity contribution is 5.84. The first kappa shape index (κ1) is 17.3. The van der Waals surface area contributed by atoms with Crippen LogP contribution in [0.4, 0.5) is 4.79 Å². The van der Waals surface area contributed by atoms with E-state index >= 15 is 0 Å². The number of rotatable bonds is 5. The van der Waals surface area contributed by atoms with E-state index in [0.29, 0.717) is 13.1 Å². The molecule has 0 aromatic rings. The number of carboxylic acid groups (broad SMARTS) is 1. The van der Waals surface area contributed by atoms with Crippen molar-refractivity contribution < 1.29 is 19.5 Å². The van der Waals surface area contributed by atoms with Crippen molar-refractivity contribution in [1.82, 2.24) is 14.7 Å². The van der Waals surface area contributed by atoms with Gasteiger partial charge in [-0.25, -0.2) is 4.79 Å². The van der Waals surface area contributed by atoms with Crippen LogP contribution in [0.25, 0.3) is 0 Å². The fourth-order valence-electron chi connectivity index (χ4n) is 2.46. The highest BCUT2D eigenvalue weighted by atomic mass is 16.4. The van der Waals surface area contributed by atoms with Gasteiger partial charge < -0.3 is 19.8 Å². The normalized spacial score (nSPS) is 21.2. The summed E-state index contributed by atoms with van der Waals surface area (Å²) in [5.74, 6) is -1.61. The Morgan fingerprint density at radius 1 is 1.24 bits per heavy atom. The van der Waals surface area contributed by atoms with Gasteiger partial charge in [0.25, 0.3) is 0 Å². The standard InChI is InChI=1S/C14H25N3O4/c1-5-6-16(9-12(18)15(3)4)14(21)17-7-10(2)11(8-17)13(19)20/h10-11H,5-9H2,1-4H3,(H,19,20)/t10-,11-/m1/s1. The summed E-state index contributed by atoms with van der Waals surface area (Å²) in [5, 5.41) is 9.13. The van der Waals surface area contributed by atoms with E-state index in [4.69, 9.17) is 5.11 Å². The van der Waals surface area contributed by atoms with E-state index in [1.807, 2.05) is 13.8 Å². The zero-order chi connectivity index (χ0) is 16.2. The minimum absolute atomic E-state index is 0.0301. The smallest absolute Gasteiger partial charge is 0.320 e. The number of nitrogens with zero attached hydrogens (tertiary/aromatic N) is 3. The second-order valence-electron chi connectivity index (χ2n) is 5.82. The van der Waals surface area contributed by atoms with E-state index in [2.05, 4.69) is 0 Å². The number of carbonyl (C=O) groups excluding carboxylic acids is 2. The lowest BCUT2D eigenvalue weighted by Crippen LogP contribution is -2.47. The van der Waals surface area contributed by atoms with Crippen molar-refractivity contribution >= 4 is 17.9 Å².